The predicted molar refractivity (Wildman–Crippen MR) is 76.9 cm³/mol. The van der Waals surface area contributed by atoms with Crippen LogP contribution in [0.15, 0.2) is 16.7 Å². The zero-order valence-corrected chi connectivity index (χ0v) is 13.3. The van der Waals surface area contributed by atoms with Crippen LogP contribution >= 0.6 is 15.9 Å². The highest BCUT2D eigenvalue weighted by atomic mass is 79.9. The van der Waals surface area contributed by atoms with E-state index in [2.05, 4.69) is 31.3 Å². The van der Waals surface area contributed by atoms with Gasteiger partial charge in [0.2, 0.25) is 0 Å². The summed E-state index contributed by atoms with van der Waals surface area (Å²) in [6.07, 6.45) is -3.13. The van der Waals surface area contributed by atoms with E-state index >= 15 is 0 Å². The summed E-state index contributed by atoms with van der Waals surface area (Å²) in [6, 6.07) is 1.01. The van der Waals surface area contributed by atoms with E-state index in [0.717, 1.165) is 23.0 Å². The first kappa shape index (κ1) is 15.8. The lowest BCUT2D eigenvalue weighted by Gasteiger charge is -2.14. The van der Waals surface area contributed by atoms with Crippen molar-refractivity contribution in [3.05, 3.63) is 39.3 Å². The minimum Gasteiger partial charge on any atom is -0.365 e. The first-order valence-corrected chi connectivity index (χ1v) is 6.95. The Hall–Kier alpha value is -1.57. The van der Waals surface area contributed by atoms with Crippen molar-refractivity contribution < 1.29 is 13.2 Å². The Bertz CT molecular complexity index is 664. The van der Waals surface area contributed by atoms with Gasteiger partial charge in [-0.25, -0.2) is 4.98 Å². The second kappa shape index (κ2) is 5.67. The maximum atomic E-state index is 13.0. The van der Waals surface area contributed by atoms with E-state index in [0.29, 0.717) is 0 Å². The molecule has 2 aromatic rings. The molecule has 114 valence electrons. The lowest BCUT2D eigenvalue weighted by Crippen LogP contribution is -2.13. The van der Waals surface area contributed by atoms with Crippen LogP contribution in [0.5, 0.6) is 0 Å². The molecule has 8 heteroatoms. The van der Waals surface area contributed by atoms with Crippen LogP contribution in [0.3, 0.4) is 0 Å². The molecule has 0 saturated carbocycles. The molecule has 0 bridgehead atoms. The molecule has 0 aliphatic carbocycles. The standard InChI is InChI=1S/C13H14BrF3N4/c1-7-10(8(2)21(3)20-7)6-19-12-11(13(15,16)17)4-9(14)5-18-12/h4-5H,6H2,1-3H3,(H,18,19). The Labute approximate surface area is 128 Å². The lowest BCUT2D eigenvalue weighted by atomic mass is 10.2. The van der Waals surface area contributed by atoms with Gasteiger partial charge >= 0.3 is 6.18 Å². The van der Waals surface area contributed by atoms with Crippen molar-refractivity contribution in [2.24, 2.45) is 7.05 Å². The van der Waals surface area contributed by atoms with Crippen molar-refractivity contribution in [2.45, 2.75) is 26.6 Å². The Balaban J connectivity index is 2.28. The van der Waals surface area contributed by atoms with Gasteiger partial charge < -0.3 is 5.32 Å². The number of anilines is 1. The Morgan fingerprint density at radius 2 is 2.00 bits per heavy atom. The van der Waals surface area contributed by atoms with Crippen molar-refractivity contribution in [3.8, 4) is 0 Å². The summed E-state index contributed by atoms with van der Waals surface area (Å²) in [5.74, 6) is -0.187. The molecular formula is C13H14BrF3N4. The van der Waals surface area contributed by atoms with E-state index in [1.807, 2.05) is 13.8 Å². The van der Waals surface area contributed by atoms with E-state index < -0.39 is 11.7 Å². The molecule has 0 radical (unpaired) electrons. The van der Waals surface area contributed by atoms with E-state index in [1.165, 1.54) is 6.20 Å². The van der Waals surface area contributed by atoms with Gasteiger partial charge in [-0.1, -0.05) is 0 Å². The number of rotatable bonds is 3. The minimum atomic E-state index is -4.46. The molecule has 2 aromatic heterocycles. The minimum absolute atomic E-state index is 0.187. The van der Waals surface area contributed by atoms with Crippen molar-refractivity contribution >= 4 is 21.7 Å². The molecule has 1 N–H and O–H groups in total. The Morgan fingerprint density at radius 1 is 1.33 bits per heavy atom. The fourth-order valence-corrected chi connectivity index (χ4v) is 2.37. The van der Waals surface area contributed by atoms with Crippen molar-refractivity contribution in [1.82, 2.24) is 14.8 Å². The third kappa shape index (κ3) is 3.37. The number of halogens is 4. The number of aryl methyl sites for hydroxylation is 2. The third-order valence-electron chi connectivity index (χ3n) is 3.25. The van der Waals surface area contributed by atoms with Gasteiger partial charge in [0.1, 0.15) is 5.82 Å². The van der Waals surface area contributed by atoms with Crippen LogP contribution in [0.4, 0.5) is 19.0 Å². The zero-order chi connectivity index (χ0) is 15.8. The van der Waals surface area contributed by atoms with Crippen molar-refractivity contribution in [3.63, 3.8) is 0 Å². The summed E-state index contributed by atoms with van der Waals surface area (Å²) in [7, 11) is 1.80. The summed E-state index contributed by atoms with van der Waals surface area (Å²) in [5, 5.41) is 6.99. The number of nitrogens with one attached hydrogen (secondary N) is 1. The number of hydrogen-bond donors (Lipinski definition) is 1. The van der Waals surface area contributed by atoms with Gasteiger partial charge in [-0.15, -0.1) is 0 Å². The molecule has 0 fully saturated rings. The van der Waals surface area contributed by atoms with Crippen LogP contribution in [0.2, 0.25) is 0 Å². The molecule has 2 heterocycles. The van der Waals surface area contributed by atoms with Crippen LogP contribution < -0.4 is 5.32 Å². The normalized spacial score (nSPS) is 11.8. The summed E-state index contributed by atoms with van der Waals surface area (Å²) in [4.78, 5) is 3.82. The van der Waals surface area contributed by atoms with Crippen LogP contribution in [-0.2, 0) is 19.8 Å². The quantitative estimate of drug-likeness (QED) is 0.902. The number of nitrogens with zero attached hydrogens (tertiary/aromatic N) is 3. The largest absolute Gasteiger partial charge is 0.419 e. The van der Waals surface area contributed by atoms with Crippen LogP contribution in [0.25, 0.3) is 0 Å². The summed E-state index contributed by atoms with van der Waals surface area (Å²) < 4.78 is 41.0. The van der Waals surface area contributed by atoms with Gasteiger partial charge in [0.25, 0.3) is 0 Å². The monoisotopic (exact) mass is 362 g/mol. The number of hydrogen-bond acceptors (Lipinski definition) is 3. The van der Waals surface area contributed by atoms with Crippen LogP contribution in [0, 0.1) is 13.8 Å². The third-order valence-corrected chi connectivity index (χ3v) is 3.68. The first-order valence-electron chi connectivity index (χ1n) is 6.16. The Kier molecular flexibility index (Phi) is 4.27. The van der Waals surface area contributed by atoms with Gasteiger partial charge in [0, 0.05) is 35.5 Å². The second-order valence-corrected chi connectivity index (χ2v) is 5.59. The predicted octanol–water partition coefficient (Wildman–Crippen LogP) is 3.83. The molecule has 0 aliphatic rings. The van der Waals surface area contributed by atoms with E-state index in [-0.39, 0.29) is 16.8 Å². The molecule has 0 unspecified atom stereocenters. The molecular weight excluding hydrogens is 349 g/mol. The summed E-state index contributed by atoms with van der Waals surface area (Å²) >= 11 is 3.01. The molecule has 0 atom stereocenters. The van der Waals surface area contributed by atoms with Gasteiger partial charge in [-0.3, -0.25) is 4.68 Å². The number of aromatic nitrogens is 3. The molecule has 0 amide bonds. The first-order chi connectivity index (χ1) is 9.70. The lowest BCUT2D eigenvalue weighted by molar-refractivity contribution is -0.137. The van der Waals surface area contributed by atoms with Gasteiger partial charge in [0.15, 0.2) is 0 Å². The summed E-state index contributed by atoms with van der Waals surface area (Å²) in [6.45, 7) is 3.93. The maximum Gasteiger partial charge on any atom is 0.419 e. The summed E-state index contributed by atoms with van der Waals surface area (Å²) in [5.41, 5.74) is 1.77. The number of alkyl halides is 3. The van der Waals surface area contributed by atoms with E-state index in [9.17, 15) is 13.2 Å². The molecule has 21 heavy (non-hydrogen) atoms. The number of pyridine rings is 1. The molecule has 0 spiro atoms. The van der Waals surface area contributed by atoms with E-state index in [1.54, 1.807) is 11.7 Å². The smallest absolute Gasteiger partial charge is 0.365 e. The fraction of sp³-hybridized carbons (Fsp3) is 0.385. The van der Waals surface area contributed by atoms with E-state index in [4.69, 9.17) is 0 Å². The second-order valence-electron chi connectivity index (χ2n) is 4.67. The molecule has 0 aliphatic heterocycles. The average Bonchev–Trinajstić information content (AvgIpc) is 2.61. The SMILES string of the molecule is Cc1nn(C)c(C)c1CNc1ncc(Br)cc1C(F)(F)F. The Morgan fingerprint density at radius 3 is 2.52 bits per heavy atom. The molecule has 0 aromatic carbocycles. The van der Waals surface area contributed by atoms with Crippen molar-refractivity contribution in [2.75, 3.05) is 5.32 Å². The fourth-order valence-electron chi connectivity index (χ4n) is 2.04. The molecule has 4 nitrogen and oxygen atoms in total. The van der Waals surface area contributed by atoms with Crippen LogP contribution in [0.1, 0.15) is 22.5 Å². The van der Waals surface area contributed by atoms with Gasteiger partial charge in [-0.2, -0.15) is 18.3 Å². The van der Waals surface area contributed by atoms with Gasteiger partial charge in [-0.05, 0) is 35.8 Å². The van der Waals surface area contributed by atoms with Crippen molar-refractivity contribution in [1.29, 1.82) is 0 Å². The van der Waals surface area contributed by atoms with Crippen LogP contribution in [-0.4, -0.2) is 14.8 Å². The topological polar surface area (TPSA) is 42.7 Å². The highest BCUT2D eigenvalue weighted by molar-refractivity contribution is 9.10. The molecule has 0 saturated heterocycles. The maximum absolute atomic E-state index is 13.0. The highest BCUT2D eigenvalue weighted by Gasteiger charge is 2.34. The molecule has 2 rings (SSSR count). The average molecular weight is 363 g/mol. The highest BCUT2D eigenvalue weighted by Crippen LogP contribution is 2.35. The van der Waals surface area contributed by atoms with Gasteiger partial charge in [0.05, 0.1) is 11.3 Å². The zero-order valence-electron chi connectivity index (χ0n) is 11.7.